The van der Waals surface area contributed by atoms with E-state index in [0.29, 0.717) is 12.6 Å². The first kappa shape index (κ1) is 15.0. The molecule has 0 bridgehead atoms. The molecule has 0 saturated carbocycles. The van der Waals surface area contributed by atoms with Gasteiger partial charge in [0, 0.05) is 17.6 Å². The van der Waals surface area contributed by atoms with Crippen LogP contribution in [0.15, 0.2) is 18.2 Å². The number of hydrogen-bond acceptors (Lipinski definition) is 3. The normalized spacial score (nSPS) is 14.6. The lowest BCUT2D eigenvalue weighted by Crippen LogP contribution is -2.37. The summed E-state index contributed by atoms with van der Waals surface area (Å²) in [7, 11) is 0. The van der Waals surface area contributed by atoms with Gasteiger partial charge in [0.2, 0.25) is 0 Å². The van der Waals surface area contributed by atoms with Gasteiger partial charge in [0.25, 0.3) is 0 Å². The van der Waals surface area contributed by atoms with Gasteiger partial charge in [-0.05, 0) is 32.9 Å². The van der Waals surface area contributed by atoms with E-state index < -0.39 is 6.10 Å². The second-order valence-corrected chi connectivity index (χ2v) is 5.03. The van der Waals surface area contributed by atoms with Crippen LogP contribution in [0, 0.1) is 6.92 Å². The highest BCUT2D eigenvalue weighted by Gasteiger charge is 2.20. The van der Waals surface area contributed by atoms with E-state index in [0.717, 1.165) is 16.9 Å². The Labute approximate surface area is 110 Å². The molecule has 102 valence electrons. The Balaban J connectivity index is 2.95. The fourth-order valence-electron chi connectivity index (χ4n) is 2.07. The third-order valence-electron chi connectivity index (χ3n) is 2.85. The van der Waals surface area contributed by atoms with Gasteiger partial charge in [0.1, 0.15) is 5.75 Å². The molecule has 2 atom stereocenters. The third kappa shape index (κ3) is 4.00. The molecule has 0 aliphatic carbocycles. The van der Waals surface area contributed by atoms with Gasteiger partial charge in [0.05, 0.1) is 12.7 Å². The van der Waals surface area contributed by atoms with Gasteiger partial charge in [-0.15, -0.1) is 0 Å². The molecule has 0 aliphatic heterocycles. The summed E-state index contributed by atoms with van der Waals surface area (Å²) in [5.41, 5.74) is 1.99. The molecular weight excluding hydrogens is 226 g/mol. The Morgan fingerprint density at radius 1 is 1.28 bits per heavy atom. The van der Waals surface area contributed by atoms with Crippen molar-refractivity contribution in [3.05, 3.63) is 29.3 Å². The summed E-state index contributed by atoms with van der Waals surface area (Å²) in [6.07, 6.45) is -0.561. The van der Waals surface area contributed by atoms with Gasteiger partial charge < -0.3 is 15.2 Å². The average Bonchev–Trinajstić information content (AvgIpc) is 2.30. The van der Waals surface area contributed by atoms with Crippen LogP contribution in [0.4, 0.5) is 0 Å². The van der Waals surface area contributed by atoms with Crippen LogP contribution in [0.5, 0.6) is 5.75 Å². The predicted octanol–water partition coefficient (Wildman–Crippen LogP) is 2.81. The maximum absolute atomic E-state index is 10.4. The van der Waals surface area contributed by atoms with Gasteiger partial charge >= 0.3 is 0 Å². The fourth-order valence-corrected chi connectivity index (χ4v) is 2.07. The quantitative estimate of drug-likeness (QED) is 0.817. The van der Waals surface area contributed by atoms with Crippen LogP contribution in [0.3, 0.4) is 0 Å². The largest absolute Gasteiger partial charge is 0.493 e. The van der Waals surface area contributed by atoms with Crippen molar-refractivity contribution < 1.29 is 9.84 Å². The number of hydrogen-bond donors (Lipinski definition) is 2. The number of aliphatic hydroxyl groups is 1. The number of nitrogens with one attached hydrogen (secondary N) is 1. The Morgan fingerprint density at radius 3 is 2.50 bits per heavy atom. The lowest BCUT2D eigenvalue weighted by molar-refractivity contribution is 0.127. The molecule has 2 unspecified atom stereocenters. The topological polar surface area (TPSA) is 41.5 Å². The minimum Gasteiger partial charge on any atom is -0.493 e. The average molecular weight is 251 g/mol. The van der Waals surface area contributed by atoms with Gasteiger partial charge in [-0.3, -0.25) is 0 Å². The summed E-state index contributed by atoms with van der Waals surface area (Å²) in [4.78, 5) is 0. The van der Waals surface area contributed by atoms with E-state index in [1.54, 1.807) is 0 Å². The van der Waals surface area contributed by atoms with Crippen LogP contribution in [0.2, 0.25) is 0 Å². The molecule has 0 aromatic heterocycles. The van der Waals surface area contributed by atoms with Crippen LogP contribution in [0.25, 0.3) is 0 Å². The number of aliphatic hydroxyl groups excluding tert-OH is 1. The smallest absolute Gasteiger partial charge is 0.125 e. The maximum Gasteiger partial charge on any atom is 0.125 e. The zero-order valence-corrected chi connectivity index (χ0v) is 12.0. The molecule has 0 heterocycles. The molecule has 1 aromatic rings. The molecule has 1 aromatic carbocycles. The van der Waals surface area contributed by atoms with Crippen LogP contribution in [0.1, 0.15) is 44.9 Å². The SMILES string of the molecule is CCOc1ccc(C)cc1C(O)C(C)NC(C)C. The van der Waals surface area contributed by atoms with Crippen molar-refractivity contribution >= 4 is 0 Å². The second-order valence-electron chi connectivity index (χ2n) is 5.03. The van der Waals surface area contributed by atoms with Gasteiger partial charge in [0.15, 0.2) is 0 Å². The Hall–Kier alpha value is -1.06. The first-order valence-electron chi connectivity index (χ1n) is 6.63. The molecule has 0 saturated heterocycles. The highest BCUT2D eigenvalue weighted by Crippen LogP contribution is 2.28. The van der Waals surface area contributed by atoms with Crippen molar-refractivity contribution in [3.8, 4) is 5.75 Å². The molecule has 0 aliphatic rings. The van der Waals surface area contributed by atoms with E-state index in [9.17, 15) is 5.11 Å². The monoisotopic (exact) mass is 251 g/mol. The van der Waals surface area contributed by atoms with E-state index in [4.69, 9.17) is 4.74 Å². The van der Waals surface area contributed by atoms with E-state index in [1.165, 1.54) is 0 Å². The van der Waals surface area contributed by atoms with Gasteiger partial charge in [-0.25, -0.2) is 0 Å². The molecule has 0 spiro atoms. The summed E-state index contributed by atoms with van der Waals surface area (Å²) >= 11 is 0. The summed E-state index contributed by atoms with van der Waals surface area (Å²) < 4.78 is 5.58. The number of rotatable bonds is 6. The molecule has 0 fully saturated rings. The molecule has 0 radical (unpaired) electrons. The first-order valence-corrected chi connectivity index (χ1v) is 6.63. The van der Waals surface area contributed by atoms with Crippen molar-refractivity contribution in [1.82, 2.24) is 5.32 Å². The van der Waals surface area contributed by atoms with Crippen LogP contribution in [-0.4, -0.2) is 23.8 Å². The number of benzene rings is 1. The van der Waals surface area contributed by atoms with E-state index in [1.807, 2.05) is 39.0 Å². The fraction of sp³-hybridized carbons (Fsp3) is 0.600. The highest BCUT2D eigenvalue weighted by atomic mass is 16.5. The van der Waals surface area contributed by atoms with E-state index in [-0.39, 0.29) is 6.04 Å². The first-order chi connectivity index (χ1) is 8.45. The van der Waals surface area contributed by atoms with Crippen LogP contribution >= 0.6 is 0 Å². The number of aryl methyl sites for hydroxylation is 1. The Morgan fingerprint density at radius 2 is 1.94 bits per heavy atom. The minimum absolute atomic E-state index is 0.00833. The summed E-state index contributed by atoms with van der Waals surface area (Å²) in [5.74, 6) is 0.771. The molecule has 18 heavy (non-hydrogen) atoms. The van der Waals surface area contributed by atoms with Crippen LogP contribution in [-0.2, 0) is 0 Å². The standard InChI is InChI=1S/C15H25NO2/c1-6-18-14-8-7-11(4)9-13(14)15(17)12(5)16-10(2)3/h7-10,12,15-17H,6H2,1-5H3. The van der Waals surface area contributed by atoms with Crippen molar-refractivity contribution in [2.24, 2.45) is 0 Å². The third-order valence-corrected chi connectivity index (χ3v) is 2.85. The van der Waals surface area contributed by atoms with Crippen molar-refractivity contribution in [2.45, 2.75) is 52.8 Å². The van der Waals surface area contributed by atoms with Crippen molar-refractivity contribution in [3.63, 3.8) is 0 Å². The molecular formula is C15H25NO2. The van der Waals surface area contributed by atoms with Gasteiger partial charge in [-0.2, -0.15) is 0 Å². The van der Waals surface area contributed by atoms with Crippen molar-refractivity contribution in [1.29, 1.82) is 0 Å². The predicted molar refractivity (Wildman–Crippen MR) is 75.0 cm³/mol. The Bertz CT molecular complexity index is 377. The summed E-state index contributed by atoms with van der Waals surface area (Å²) in [6.45, 7) is 10.7. The number of ether oxygens (including phenoxy) is 1. The van der Waals surface area contributed by atoms with E-state index >= 15 is 0 Å². The molecule has 2 N–H and O–H groups in total. The van der Waals surface area contributed by atoms with E-state index in [2.05, 4.69) is 19.2 Å². The van der Waals surface area contributed by atoms with Gasteiger partial charge in [-0.1, -0.05) is 25.5 Å². The highest BCUT2D eigenvalue weighted by molar-refractivity contribution is 5.39. The Kier molecular flexibility index (Phi) is 5.63. The lowest BCUT2D eigenvalue weighted by Gasteiger charge is -2.24. The van der Waals surface area contributed by atoms with Crippen molar-refractivity contribution in [2.75, 3.05) is 6.61 Å². The molecule has 3 nitrogen and oxygen atoms in total. The maximum atomic E-state index is 10.4. The zero-order valence-electron chi connectivity index (χ0n) is 12.0. The molecule has 1 rings (SSSR count). The second kappa shape index (κ2) is 6.76. The lowest BCUT2D eigenvalue weighted by atomic mass is 10.00. The summed E-state index contributed by atoms with van der Waals surface area (Å²) in [6, 6.07) is 6.26. The molecule has 0 amide bonds. The minimum atomic E-state index is -0.561. The zero-order chi connectivity index (χ0) is 13.7. The summed E-state index contributed by atoms with van der Waals surface area (Å²) in [5, 5.41) is 13.8. The molecule has 3 heteroatoms. The van der Waals surface area contributed by atoms with Crippen LogP contribution < -0.4 is 10.1 Å².